The van der Waals surface area contributed by atoms with E-state index in [0.717, 1.165) is 37.2 Å². The summed E-state index contributed by atoms with van der Waals surface area (Å²) in [6.45, 7) is 3.44. The van der Waals surface area contributed by atoms with Crippen LogP contribution < -0.4 is 10.6 Å². The Balaban J connectivity index is 1.59. The number of benzene rings is 2. The number of hydrogen-bond acceptors (Lipinski definition) is 3. The molecule has 1 saturated heterocycles. The fourth-order valence-corrected chi connectivity index (χ4v) is 3.23. The number of aryl methyl sites for hydroxylation is 1. The van der Waals surface area contributed by atoms with Crippen LogP contribution in [0.1, 0.15) is 28.8 Å². The molecule has 3 rings (SSSR count). The van der Waals surface area contributed by atoms with E-state index in [2.05, 4.69) is 10.6 Å². The van der Waals surface area contributed by atoms with E-state index in [-0.39, 0.29) is 18.1 Å². The summed E-state index contributed by atoms with van der Waals surface area (Å²) in [7, 11) is 0. The smallest absolute Gasteiger partial charge is 0.253 e. The molecule has 27 heavy (non-hydrogen) atoms. The molecule has 0 atom stereocenters. The Kier molecular flexibility index (Phi) is 5.96. The van der Waals surface area contributed by atoms with E-state index in [0.29, 0.717) is 10.6 Å². The van der Waals surface area contributed by atoms with Gasteiger partial charge in [0.2, 0.25) is 5.91 Å². The molecule has 0 bridgehead atoms. The Morgan fingerprint density at radius 2 is 1.85 bits per heavy atom. The predicted molar refractivity (Wildman–Crippen MR) is 105 cm³/mol. The second kappa shape index (κ2) is 8.39. The minimum Gasteiger partial charge on any atom is -0.376 e. The molecular formula is C20H21ClFN3O2. The second-order valence-electron chi connectivity index (χ2n) is 6.55. The first-order valence-corrected chi connectivity index (χ1v) is 9.20. The van der Waals surface area contributed by atoms with Crippen molar-refractivity contribution in [3.63, 3.8) is 0 Å². The third-order valence-electron chi connectivity index (χ3n) is 4.51. The molecule has 2 aromatic carbocycles. The summed E-state index contributed by atoms with van der Waals surface area (Å²) < 4.78 is 13.7. The van der Waals surface area contributed by atoms with Crippen LogP contribution in [0.2, 0.25) is 5.02 Å². The van der Waals surface area contributed by atoms with Crippen LogP contribution in [0.15, 0.2) is 36.4 Å². The second-order valence-corrected chi connectivity index (χ2v) is 6.99. The van der Waals surface area contributed by atoms with Gasteiger partial charge in [-0.15, -0.1) is 0 Å². The Morgan fingerprint density at radius 1 is 1.11 bits per heavy atom. The largest absolute Gasteiger partial charge is 0.376 e. The maximum atomic E-state index is 13.7. The number of anilines is 2. The van der Waals surface area contributed by atoms with Crippen molar-refractivity contribution in [3.8, 4) is 0 Å². The zero-order valence-corrected chi connectivity index (χ0v) is 15.8. The van der Waals surface area contributed by atoms with Gasteiger partial charge in [0.05, 0.1) is 12.2 Å². The first-order chi connectivity index (χ1) is 12.9. The van der Waals surface area contributed by atoms with Crippen LogP contribution in [-0.4, -0.2) is 36.3 Å². The minimum absolute atomic E-state index is 0.0355. The van der Waals surface area contributed by atoms with Gasteiger partial charge in [-0.3, -0.25) is 9.59 Å². The van der Waals surface area contributed by atoms with Gasteiger partial charge in [0.15, 0.2) is 0 Å². The zero-order valence-electron chi connectivity index (χ0n) is 15.0. The molecule has 0 unspecified atom stereocenters. The third-order valence-corrected chi connectivity index (χ3v) is 4.74. The molecule has 7 heteroatoms. The average molecular weight is 390 g/mol. The summed E-state index contributed by atoms with van der Waals surface area (Å²) in [5.74, 6) is -0.905. The van der Waals surface area contributed by atoms with Crippen LogP contribution >= 0.6 is 11.6 Å². The monoisotopic (exact) mass is 389 g/mol. The van der Waals surface area contributed by atoms with Gasteiger partial charge in [0.25, 0.3) is 5.91 Å². The van der Waals surface area contributed by atoms with E-state index < -0.39 is 11.7 Å². The van der Waals surface area contributed by atoms with Gasteiger partial charge in [0.1, 0.15) is 5.82 Å². The maximum absolute atomic E-state index is 13.7. The average Bonchev–Trinajstić information content (AvgIpc) is 3.18. The lowest BCUT2D eigenvalue weighted by atomic mass is 10.1. The highest BCUT2D eigenvalue weighted by molar-refractivity contribution is 6.30. The molecule has 1 aliphatic heterocycles. The molecule has 5 nitrogen and oxygen atoms in total. The van der Waals surface area contributed by atoms with Crippen LogP contribution in [0.25, 0.3) is 0 Å². The van der Waals surface area contributed by atoms with Gasteiger partial charge < -0.3 is 15.5 Å². The highest BCUT2D eigenvalue weighted by Gasteiger charge is 2.19. The molecule has 1 heterocycles. The Bertz CT molecular complexity index is 866. The third kappa shape index (κ3) is 4.77. The molecule has 142 valence electrons. The summed E-state index contributed by atoms with van der Waals surface area (Å²) in [6.07, 6.45) is 2.10. The standard InChI is InChI=1S/C20H21ClFN3O2/c1-13-10-14(20(27)25-8-2-3-9-25)4-7-17(13)23-12-19(26)24-18-11-15(21)5-6-16(18)22/h4-7,10-11,23H,2-3,8-9,12H2,1H3,(H,24,26). The normalized spacial score (nSPS) is 13.5. The number of nitrogens with zero attached hydrogens (tertiary/aromatic N) is 1. The van der Waals surface area contributed by atoms with E-state index in [1.165, 1.54) is 18.2 Å². The van der Waals surface area contributed by atoms with Gasteiger partial charge >= 0.3 is 0 Å². The molecule has 1 aliphatic rings. The molecule has 0 saturated carbocycles. The van der Waals surface area contributed by atoms with Gasteiger partial charge in [-0.1, -0.05) is 11.6 Å². The quantitative estimate of drug-likeness (QED) is 0.810. The SMILES string of the molecule is Cc1cc(C(=O)N2CCCC2)ccc1NCC(=O)Nc1cc(Cl)ccc1F. The fourth-order valence-electron chi connectivity index (χ4n) is 3.06. The van der Waals surface area contributed by atoms with E-state index in [9.17, 15) is 14.0 Å². The van der Waals surface area contributed by atoms with Gasteiger partial charge in [0, 0.05) is 29.4 Å². The van der Waals surface area contributed by atoms with Gasteiger partial charge in [-0.05, 0) is 61.7 Å². The topological polar surface area (TPSA) is 61.4 Å². The Hall–Kier alpha value is -2.60. The van der Waals surface area contributed by atoms with Crippen LogP contribution in [0.3, 0.4) is 0 Å². The number of rotatable bonds is 5. The van der Waals surface area contributed by atoms with Crippen LogP contribution in [-0.2, 0) is 4.79 Å². The van der Waals surface area contributed by atoms with Crippen molar-refractivity contribution >= 4 is 34.8 Å². The van der Waals surface area contributed by atoms with E-state index in [4.69, 9.17) is 11.6 Å². The summed E-state index contributed by atoms with van der Waals surface area (Å²) in [4.78, 5) is 26.4. The number of carbonyl (C=O) groups is 2. The summed E-state index contributed by atoms with van der Waals surface area (Å²) in [5.41, 5.74) is 2.29. The molecule has 2 amide bonds. The summed E-state index contributed by atoms with van der Waals surface area (Å²) in [6, 6.07) is 9.33. The minimum atomic E-state index is -0.547. The first kappa shape index (κ1) is 19.2. The van der Waals surface area contributed by atoms with Crippen molar-refractivity contribution in [1.82, 2.24) is 4.90 Å². The summed E-state index contributed by atoms with van der Waals surface area (Å²) in [5, 5.41) is 5.84. The maximum Gasteiger partial charge on any atom is 0.253 e. The molecule has 0 radical (unpaired) electrons. The summed E-state index contributed by atoms with van der Waals surface area (Å²) >= 11 is 5.82. The molecule has 0 aromatic heterocycles. The molecule has 1 fully saturated rings. The van der Waals surface area contributed by atoms with E-state index in [1.54, 1.807) is 12.1 Å². The number of hydrogen-bond donors (Lipinski definition) is 2. The number of amides is 2. The van der Waals surface area contributed by atoms with Crippen LogP contribution in [0, 0.1) is 12.7 Å². The van der Waals surface area contributed by atoms with Crippen molar-refractivity contribution in [2.45, 2.75) is 19.8 Å². The lowest BCUT2D eigenvalue weighted by Gasteiger charge is -2.17. The number of nitrogens with one attached hydrogen (secondary N) is 2. The van der Waals surface area contributed by atoms with E-state index in [1.807, 2.05) is 17.9 Å². The number of halogens is 2. The zero-order chi connectivity index (χ0) is 19.4. The Labute approximate surface area is 162 Å². The van der Waals surface area contributed by atoms with Crippen molar-refractivity contribution in [2.75, 3.05) is 30.3 Å². The Morgan fingerprint density at radius 3 is 2.56 bits per heavy atom. The molecule has 2 aromatic rings. The predicted octanol–water partition coefficient (Wildman–Crippen LogP) is 4.07. The van der Waals surface area contributed by atoms with Crippen molar-refractivity contribution in [3.05, 3.63) is 58.4 Å². The fraction of sp³-hybridized carbons (Fsp3) is 0.300. The van der Waals surface area contributed by atoms with Gasteiger partial charge in [-0.25, -0.2) is 4.39 Å². The lowest BCUT2D eigenvalue weighted by molar-refractivity contribution is -0.114. The van der Waals surface area contributed by atoms with Crippen LogP contribution in [0.5, 0.6) is 0 Å². The molecule has 2 N–H and O–H groups in total. The number of likely N-dealkylation sites (tertiary alicyclic amines) is 1. The highest BCUT2D eigenvalue weighted by atomic mass is 35.5. The van der Waals surface area contributed by atoms with E-state index >= 15 is 0 Å². The van der Waals surface area contributed by atoms with Crippen molar-refractivity contribution in [1.29, 1.82) is 0 Å². The first-order valence-electron chi connectivity index (χ1n) is 8.83. The van der Waals surface area contributed by atoms with Crippen molar-refractivity contribution in [2.24, 2.45) is 0 Å². The highest BCUT2D eigenvalue weighted by Crippen LogP contribution is 2.21. The molecule has 0 aliphatic carbocycles. The molecular weight excluding hydrogens is 369 g/mol. The number of carbonyl (C=O) groups excluding carboxylic acids is 2. The van der Waals surface area contributed by atoms with Gasteiger partial charge in [-0.2, -0.15) is 0 Å². The van der Waals surface area contributed by atoms with Crippen molar-refractivity contribution < 1.29 is 14.0 Å². The molecule has 0 spiro atoms. The lowest BCUT2D eigenvalue weighted by Crippen LogP contribution is -2.27. The van der Waals surface area contributed by atoms with Crippen LogP contribution in [0.4, 0.5) is 15.8 Å².